The number of halogens is 1. The van der Waals surface area contributed by atoms with Gasteiger partial charge in [0.1, 0.15) is 17.2 Å². The third kappa shape index (κ3) is 5.85. The van der Waals surface area contributed by atoms with Crippen molar-refractivity contribution in [2.24, 2.45) is 7.05 Å². The van der Waals surface area contributed by atoms with Gasteiger partial charge in [0, 0.05) is 36.3 Å². The van der Waals surface area contributed by atoms with Crippen molar-refractivity contribution in [2.75, 3.05) is 20.3 Å². The third-order valence-corrected chi connectivity index (χ3v) is 6.84. The Morgan fingerprint density at radius 2 is 1.76 bits per heavy atom. The molecule has 1 atom stereocenters. The SMILES string of the molecule is COc1ccc(Oc2c(CN(C[C@@H]3CCCO3)C(=O)c3ccc(Cl)cc3)c(-c3ccccc3)nn2C)cc1. The number of carbonyl (C=O) groups excluding carboxylic acids is 1. The Kier molecular flexibility index (Phi) is 7.96. The van der Waals surface area contributed by atoms with Gasteiger partial charge >= 0.3 is 0 Å². The van der Waals surface area contributed by atoms with E-state index in [-0.39, 0.29) is 12.0 Å². The molecule has 0 aliphatic carbocycles. The lowest BCUT2D eigenvalue weighted by atomic mass is 10.1. The zero-order valence-corrected chi connectivity index (χ0v) is 22.2. The molecule has 7 nitrogen and oxygen atoms in total. The normalized spacial score (nSPS) is 14.9. The zero-order valence-electron chi connectivity index (χ0n) is 21.5. The first-order chi connectivity index (χ1) is 18.5. The number of benzene rings is 3. The van der Waals surface area contributed by atoms with Gasteiger partial charge in [-0.2, -0.15) is 5.10 Å². The van der Waals surface area contributed by atoms with Gasteiger partial charge in [0.15, 0.2) is 0 Å². The lowest BCUT2D eigenvalue weighted by Gasteiger charge is -2.26. The third-order valence-electron chi connectivity index (χ3n) is 6.58. The van der Waals surface area contributed by atoms with Gasteiger partial charge in [0.2, 0.25) is 5.88 Å². The minimum atomic E-state index is -0.101. The van der Waals surface area contributed by atoms with Crippen LogP contribution >= 0.6 is 11.6 Å². The Labute approximate surface area is 227 Å². The molecular weight excluding hydrogens is 502 g/mol. The molecule has 5 rings (SSSR count). The van der Waals surface area contributed by atoms with Crippen LogP contribution in [-0.4, -0.2) is 47.0 Å². The Bertz CT molecular complexity index is 1370. The molecule has 0 spiro atoms. The van der Waals surface area contributed by atoms with Crippen molar-refractivity contribution in [1.29, 1.82) is 0 Å². The van der Waals surface area contributed by atoms with Crippen LogP contribution in [0, 0.1) is 0 Å². The van der Waals surface area contributed by atoms with Gasteiger partial charge in [-0.3, -0.25) is 4.79 Å². The van der Waals surface area contributed by atoms with E-state index >= 15 is 0 Å². The summed E-state index contributed by atoms with van der Waals surface area (Å²) in [5, 5.41) is 5.40. The maximum Gasteiger partial charge on any atom is 0.254 e. The average Bonchev–Trinajstić information content (AvgIpc) is 3.57. The van der Waals surface area contributed by atoms with Gasteiger partial charge in [-0.15, -0.1) is 0 Å². The second-order valence-electron chi connectivity index (χ2n) is 9.23. The number of methoxy groups -OCH3 is 1. The summed E-state index contributed by atoms with van der Waals surface area (Å²) < 4.78 is 19.3. The van der Waals surface area contributed by atoms with Crippen molar-refractivity contribution in [1.82, 2.24) is 14.7 Å². The van der Waals surface area contributed by atoms with E-state index in [1.54, 1.807) is 36.1 Å². The predicted octanol–water partition coefficient (Wildman–Crippen LogP) is 6.36. The molecule has 1 aliphatic heterocycles. The number of hydrogen-bond donors (Lipinski definition) is 0. The Morgan fingerprint density at radius 3 is 2.42 bits per heavy atom. The van der Waals surface area contributed by atoms with Crippen LogP contribution in [0.4, 0.5) is 0 Å². The van der Waals surface area contributed by atoms with Crippen LogP contribution in [0.2, 0.25) is 5.02 Å². The summed E-state index contributed by atoms with van der Waals surface area (Å²) >= 11 is 6.09. The number of carbonyl (C=O) groups is 1. The molecule has 196 valence electrons. The standard InChI is InChI=1S/C30H30ClN3O4/c1-33-30(38-25-16-14-24(36-2)15-17-25)27(28(32-33)21-7-4-3-5-8-21)20-34(19-26-9-6-18-37-26)29(35)22-10-12-23(31)13-11-22/h3-5,7-8,10-17,26H,6,9,18-20H2,1-2H3/t26-/m0/s1. The summed E-state index contributed by atoms with van der Waals surface area (Å²) in [6, 6.07) is 24.3. The molecule has 4 aromatic rings. The molecule has 2 heterocycles. The fourth-order valence-electron chi connectivity index (χ4n) is 4.63. The van der Waals surface area contributed by atoms with E-state index in [0.29, 0.717) is 41.9 Å². The van der Waals surface area contributed by atoms with Gasteiger partial charge < -0.3 is 19.1 Å². The Balaban J connectivity index is 1.54. The molecule has 1 saturated heterocycles. The summed E-state index contributed by atoms with van der Waals surface area (Å²) in [7, 11) is 3.47. The molecule has 1 fully saturated rings. The molecule has 0 bridgehead atoms. The van der Waals surface area contributed by atoms with Crippen molar-refractivity contribution >= 4 is 17.5 Å². The van der Waals surface area contributed by atoms with Crippen LogP contribution in [0.25, 0.3) is 11.3 Å². The number of hydrogen-bond acceptors (Lipinski definition) is 5. The van der Waals surface area contributed by atoms with Gasteiger partial charge in [-0.1, -0.05) is 41.9 Å². The molecule has 3 aromatic carbocycles. The van der Waals surface area contributed by atoms with Gasteiger partial charge in [0.05, 0.1) is 25.3 Å². The fourth-order valence-corrected chi connectivity index (χ4v) is 4.75. The summed E-state index contributed by atoms with van der Waals surface area (Å²) in [5.74, 6) is 1.85. The van der Waals surface area contributed by atoms with Crippen molar-refractivity contribution in [3.05, 3.63) is 95.0 Å². The minimum Gasteiger partial charge on any atom is -0.497 e. The predicted molar refractivity (Wildman–Crippen MR) is 147 cm³/mol. The fraction of sp³-hybridized carbons (Fsp3) is 0.267. The average molecular weight is 532 g/mol. The molecule has 8 heteroatoms. The molecular formula is C30H30ClN3O4. The van der Waals surface area contributed by atoms with Crippen LogP contribution in [0.15, 0.2) is 78.9 Å². The quantitative estimate of drug-likeness (QED) is 0.251. The molecule has 0 saturated carbocycles. The number of nitrogens with zero attached hydrogens (tertiary/aromatic N) is 3. The van der Waals surface area contributed by atoms with Crippen LogP contribution in [0.1, 0.15) is 28.8 Å². The molecule has 1 amide bonds. The number of rotatable bonds is 9. The van der Waals surface area contributed by atoms with Gasteiger partial charge in [-0.25, -0.2) is 4.68 Å². The largest absolute Gasteiger partial charge is 0.497 e. The monoisotopic (exact) mass is 531 g/mol. The number of amides is 1. The first-order valence-corrected chi connectivity index (χ1v) is 13.0. The first-order valence-electron chi connectivity index (χ1n) is 12.6. The highest BCUT2D eigenvalue weighted by Crippen LogP contribution is 2.35. The smallest absolute Gasteiger partial charge is 0.254 e. The Morgan fingerprint density at radius 1 is 1.05 bits per heavy atom. The van der Waals surface area contributed by atoms with Crippen LogP contribution in [-0.2, 0) is 18.3 Å². The number of aromatic nitrogens is 2. The number of ether oxygens (including phenoxy) is 3. The van der Waals surface area contributed by atoms with E-state index in [1.807, 2.05) is 66.5 Å². The van der Waals surface area contributed by atoms with Crippen LogP contribution in [0.3, 0.4) is 0 Å². The molecule has 38 heavy (non-hydrogen) atoms. The van der Waals surface area contributed by atoms with Crippen LogP contribution < -0.4 is 9.47 Å². The first kappa shape index (κ1) is 25.8. The van der Waals surface area contributed by atoms with E-state index in [1.165, 1.54) is 0 Å². The second-order valence-corrected chi connectivity index (χ2v) is 9.66. The van der Waals surface area contributed by atoms with Crippen LogP contribution in [0.5, 0.6) is 17.4 Å². The highest BCUT2D eigenvalue weighted by atomic mass is 35.5. The summed E-state index contributed by atoms with van der Waals surface area (Å²) in [5.41, 5.74) is 3.08. The van der Waals surface area contributed by atoms with E-state index in [2.05, 4.69) is 0 Å². The molecule has 0 unspecified atom stereocenters. The summed E-state index contributed by atoms with van der Waals surface area (Å²) in [6.07, 6.45) is 1.88. The van der Waals surface area contributed by atoms with Gasteiger partial charge in [-0.05, 0) is 61.4 Å². The summed E-state index contributed by atoms with van der Waals surface area (Å²) in [6.45, 7) is 1.47. The lowest BCUT2D eigenvalue weighted by molar-refractivity contribution is 0.0506. The molecule has 0 N–H and O–H groups in total. The maximum absolute atomic E-state index is 13.8. The van der Waals surface area contributed by atoms with Crippen molar-refractivity contribution in [3.63, 3.8) is 0 Å². The lowest BCUT2D eigenvalue weighted by Crippen LogP contribution is -2.37. The van der Waals surface area contributed by atoms with E-state index in [9.17, 15) is 4.79 Å². The second kappa shape index (κ2) is 11.7. The molecule has 1 aliphatic rings. The van der Waals surface area contributed by atoms with E-state index in [0.717, 1.165) is 35.4 Å². The topological polar surface area (TPSA) is 65.8 Å². The zero-order chi connectivity index (χ0) is 26.5. The van der Waals surface area contributed by atoms with E-state index < -0.39 is 0 Å². The molecule has 0 radical (unpaired) electrons. The molecule has 1 aromatic heterocycles. The van der Waals surface area contributed by atoms with Crippen molar-refractivity contribution in [2.45, 2.75) is 25.5 Å². The van der Waals surface area contributed by atoms with Crippen molar-refractivity contribution < 1.29 is 19.0 Å². The minimum absolute atomic E-state index is 0.0194. The van der Waals surface area contributed by atoms with E-state index in [4.69, 9.17) is 30.9 Å². The van der Waals surface area contributed by atoms with Crippen molar-refractivity contribution in [3.8, 4) is 28.6 Å². The van der Waals surface area contributed by atoms with Gasteiger partial charge in [0.25, 0.3) is 5.91 Å². The maximum atomic E-state index is 13.8. The number of aryl methyl sites for hydroxylation is 1. The highest BCUT2D eigenvalue weighted by Gasteiger charge is 2.28. The summed E-state index contributed by atoms with van der Waals surface area (Å²) in [4.78, 5) is 15.6. The Hall–Kier alpha value is -3.81. The highest BCUT2D eigenvalue weighted by molar-refractivity contribution is 6.30.